The lowest BCUT2D eigenvalue weighted by Gasteiger charge is -2.11. The zero-order chi connectivity index (χ0) is 9.14. The van der Waals surface area contributed by atoms with Crippen molar-refractivity contribution in [2.75, 3.05) is 0 Å². The van der Waals surface area contributed by atoms with E-state index in [0.29, 0.717) is 0 Å². The van der Waals surface area contributed by atoms with E-state index in [1.165, 1.54) is 19.3 Å². The van der Waals surface area contributed by atoms with E-state index in [1.54, 1.807) is 16.3 Å². The van der Waals surface area contributed by atoms with Crippen LogP contribution in [0.2, 0.25) is 13.1 Å². The normalized spacial score (nSPS) is 17.6. The molecule has 0 aliphatic heterocycles. The Labute approximate surface area is 78.0 Å². The lowest BCUT2D eigenvalue weighted by atomic mass is 10.1. The highest BCUT2D eigenvalue weighted by molar-refractivity contribution is 6.65. The van der Waals surface area contributed by atoms with Gasteiger partial charge in [0.25, 0.3) is 0 Å². The Morgan fingerprint density at radius 1 is 1.25 bits per heavy atom. The van der Waals surface area contributed by atoms with Gasteiger partial charge in [0.1, 0.15) is 0 Å². The standard InChI is InChI=1S/C11H20Si/c1-5-9-7-8-11(12(3)4)10(9)6-2/h8,12H,5-7H2,1-4H3. The molecule has 0 aromatic carbocycles. The van der Waals surface area contributed by atoms with Crippen LogP contribution >= 0.6 is 0 Å². The minimum Gasteiger partial charge on any atom is -0.0813 e. The molecule has 1 rings (SSSR count). The summed E-state index contributed by atoms with van der Waals surface area (Å²) in [6.45, 7) is 9.44. The minimum atomic E-state index is -0.548. The third-order valence-corrected chi connectivity index (χ3v) is 4.57. The molecule has 0 unspecified atom stereocenters. The highest BCUT2D eigenvalue weighted by Crippen LogP contribution is 2.31. The molecule has 0 heterocycles. The molecular formula is C11H20Si. The summed E-state index contributed by atoms with van der Waals surface area (Å²) in [6, 6.07) is 0. The number of hydrogen-bond donors (Lipinski definition) is 0. The number of hydrogen-bond acceptors (Lipinski definition) is 0. The van der Waals surface area contributed by atoms with E-state index in [1.807, 2.05) is 0 Å². The van der Waals surface area contributed by atoms with Gasteiger partial charge in [-0.1, -0.05) is 49.4 Å². The van der Waals surface area contributed by atoms with Crippen molar-refractivity contribution in [1.82, 2.24) is 0 Å². The van der Waals surface area contributed by atoms with Crippen LogP contribution in [0, 0.1) is 0 Å². The molecule has 0 fully saturated rings. The molecule has 1 heteroatoms. The monoisotopic (exact) mass is 180 g/mol. The van der Waals surface area contributed by atoms with Crippen molar-refractivity contribution in [2.24, 2.45) is 0 Å². The molecule has 12 heavy (non-hydrogen) atoms. The molecule has 68 valence electrons. The lowest BCUT2D eigenvalue weighted by molar-refractivity contribution is 0.995. The molecule has 0 bridgehead atoms. The van der Waals surface area contributed by atoms with E-state index in [9.17, 15) is 0 Å². The minimum absolute atomic E-state index is 0.548. The summed E-state index contributed by atoms with van der Waals surface area (Å²) < 4.78 is 0. The summed E-state index contributed by atoms with van der Waals surface area (Å²) in [5.74, 6) is 0. The van der Waals surface area contributed by atoms with E-state index in [-0.39, 0.29) is 0 Å². The van der Waals surface area contributed by atoms with Gasteiger partial charge < -0.3 is 0 Å². The van der Waals surface area contributed by atoms with Crippen LogP contribution in [0.4, 0.5) is 0 Å². The van der Waals surface area contributed by atoms with Crippen LogP contribution in [0.5, 0.6) is 0 Å². The zero-order valence-corrected chi connectivity index (χ0v) is 9.93. The number of rotatable bonds is 3. The summed E-state index contributed by atoms with van der Waals surface area (Å²) in [5.41, 5.74) is 3.41. The third kappa shape index (κ3) is 1.71. The fourth-order valence-corrected chi connectivity index (χ4v) is 3.77. The van der Waals surface area contributed by atoms with Crippen molar-refractivity contribution in [3.8, 4) is 0 Å². The Kier molecular flexibility index (Phi) is 3.33. The number of allylic oxidation sites excluding steroid dienone is 4. The van der Waals surface area contributed by atoms with Gasteiger partial charge in [0.15, 0.2) is 0 Å². The Hall–Kier alpha value is -0.303. The summed E-state index contributed by atoms with van der Waals surface area (Å²) in [6.07, 6.45) is 6.24. The maximum absolute atomic E-state index is 2.48. The first-order valence-corrected chi connectivity index (χ1v) is 8.00. The maximum Gasteiger partial charge on any atom is 0.0646 e. The quantitative estimate of drug-likeness (QED) is 0.584. The van der Waals surface area contributed by atoms with Crippen molar-refractivity contribution in [3.05, 3.63) is 22.4 Å². The fourth-order valence-electron chi connectivity index (χ4n) is 2.08. The first-order valence-electron chi connectivity index (χ1n) is 5.12. The van der Waals surface area contributed by atoms with Gasteiger partial charge in [-0.15, -0.1) is 0 Å². The van der Waals surface area contributed by atoms with Crippen molar-refractivity contribution in [3.63, 3.8) is 0 Å². The van der Waals surface area contributed by atoms with Crippen LogP contribution in [0.1, 0.15) is 33.1 Å². The van der Waals surface area contributed by atoms with Crippen LogP contribution in [0.15, 0.2) is 22.4 Å². The van der Waals surface area contributed by atoms with E-state index in [0.717, 1.165) is 0 Å². The predicted octanol–water partition coefficient (Wildman–Crippen LogP) is 3.46. The largest absolute Gasteiger partial charge is 0.0813 e. The molecule has 0 aromatic heterocycles. The van der Waals surface area contributed by atoms with Crippen LogP contribution in [0.3, 0.4) is 0 Å². The summed E-state index contributed by atoms with van der Waals surface area (Å²) in [7, 11) is -0.548. The van der Waals surface area contributed by atoms with Crippen molar-refractivity contribution >= 4 is 8.80 Å². The molecule has 0 spiro atoms. The van der Waals surface area contributed by atoms with Crippen LogP contribution in [0.25, 0.3) is 0 Å². The van der Waals surface area contributed by atoms with Gasteiger partial charge in [-0.05, 0) is 19.3 Å². The summed E-state index contributed by atoms with van der Waals surface area (Å²) in [5, 5.41) is 1.74. The molecule has 0 aromatic rings. The fraction of sp³-hybridized carbons (Fsp3) is 0.636. The van der Waals surface area contributed by atoms with Crippen LogP contribution < -0.4 is 0 Å². The average Bonchev–Trinajstić information content (AvgIpc) is 2.46. The molecule has 1 aliphatic rings. The molecule has 0 radical (unpaired) electrons. The molecule has 0 saturated heterocycles. The Morgan fingerprint density at radius 3 is 2.33 bits per heavy atom. The Balaban J connectivity index is 2.86. The highest BCUT2D eigenvalue weighted by atomic mass is 28.3. The second-order valence-electron chi connectivity index (χ2n) is 3.81. The molecular weight excluding hydrogens is 160 g/mol. The van der Waals surface area contributed by atoms with Gasteiger partial charge in [-0.2, -0.15) is 0 Å². The first-order chi connectivity index (χ1) is 5.70. The van der Waals surface area contributed by atoms with E-state index in [2.05, 4.69) is 33.0 Å². The highest BCUT2D eigenvalue weighted by Gasteiger charge is 2.17. The summed E-state index contributed by atoms with van der Waals surface area (Å²) in [4.78, 5) is 0. The molecule has 0 nitrogen and oxygen atoms in total. The van der Waals surface area contributed by atoms with Gasteiger partial charge in [0.2, 0.25) is 0 Å². The van der Waals surface area contributed by atoms with Crippen LogP contribution in [-0.2, 0) is 0 Å². The van der Waals surface area contributed by atoms with Gasteiger partial charge in [-0.25, -0.2) is 0 Å². The Bertz CT molecular complexity index is 221. The zero-order valence-electron chi connectivity index (χ0n) is 8.78. The van der Waals surface area contributed by atoms with Gasteiger partial charge >= 0.3 is 0 Å². The molecule has 0 N–H and O–H groups in total. The maximum atomic E-state index is 2.48. The van der Waals surface area contributed by atoms with E-state index >= 15 is 0 Å². The SMILES string of the molecule is CCC1=C(CC)C([SiH](C)C)=CC1. The molecule has 0 atom stereocenters. The smallest absolute Gasteiger partial charge is 0.0646 e. The second-order valence-corrected chi connectivity index (χ2v) is 6.74. The first kappa shape index (κ1) is 9.78. The van der Waals surface area contributed by atoms with Gasteiger partial charge in [-0.3, -0.25) is 0 Å². The molecule has 0 amide bonds. The third-order valence-electron chi connectivity index (χ3n) is 2.75. The topological polar surface area (TPSA) is 0 Å². The van der Waals surface area contributed by atoms with Crippen molar-refractivity contribution < 1.29 is 0 Å². The Morgan fingerprint density at radius 2 is 1.92 bits per heavy atom. The van der Waals surface area contributed by atoms with Gasteiger partial charge in [0, 0.05) is 0 Å². The average molecular weight is 180 g/mol. The molecule has 1 aliphatic carbocycles. The van der Waals surface area contributed by atoms with E-state index < -0.39 is 8.80 Å². The van der Waals surface area contributed by atoms with Crippen molar-refractivity contribution in [1.29, 1.82) is 0 Å². The predicted molar refractivity (Wildman–Crippen MR) is 59.2 cm³/mol. The van der Waals surface area contributed by atoms with Gasteiger partial charge in [0.05, 0.1) is 8.80 Å². The second kappa shape index (κ2) is 4.08. The lowest BCUT2D eigenvalue weighted by Crippen LogP contribution is -2.06. The van der Waals surface area contributed by atoms with Crippen molar-refractivity contribution in [2.45, 2.75) is 46.2 Å². The summed E-state index contributed by atoms with van der Waals surface area (Å²) >= 11 is 0. The molecule has 0 saturated carbocycles. The van der Waals surface area contributed by atoms with E-state index in [4.69, 9.17) is 0 Å². The van der Waals surface area contributed by atoms with Crippen LogP contribution in [-0.4, -0.2) is 8.80 Å².